The molecule has 0 atom stereocenters. The van der Waals surface area contributed by atoms with Gasteiger partial charge in [0.2, 0.25) is 0 Å². The summed E-state index contributed by atoms with van der Waals surface area (Å²) in [6.07, 6.45) is 1.91. The van der Waals surface area contributed by atoms with E-state index >= 15 is 0 Å². The van der Waals surface area contributed by atoms with Crippen LogP contribution in [0.25, 0.3) is 0 Å². The van der Waals surface area contributed by atoms with E-state index in [2.05, 4.69) is 15.6 Å². The average molecular weight is 540 g/mol. The van der Waals surface area contributed by atoms with Crippen LogP contribution < -0.4 is 10.6 Å². The van der Waals surface area contributed by atoms with Crippen LogP contribution in [0.5, 0.6) is 0 Å². The van der Waals surface area contributed by atoms with Crippen LogP contribution >= 0.6 is 35.6 Å². The Bertz CT molecular complexity index is 906. The van der Waals surface area contributed by atoms with Crippen LogP contribution in [0, 0.1) is 5.82 Å². The summed E-state index contributed by atoms with van der Waals surface area (Å²) in [5, 5.41) is 6.45. The maximum atomic E-state index is 13.2. The third-order valence-corrected chi connectivity index (χ3v) is 5.22. The van der Waals surface area contributed by atoms with E-state index in [9.17, 15) is 12.8 Å². The molecule has 0 unspecified atom stereocenters. The van der Waals surface area contributed by atoms with Crippen molar-refractivity contribution in [2.24, 2.45) is 4.99 Å². The molecule has 0 heterocycles. The third kappa shape index (κ3) is 7.92. The standard InChI is InChI=1S/C19H23ClFN3O2S.HI/c1-3-22-19(24-13-15-6-9-18(21)17(20)12-15)23-11-10-14-4-7-16(8-5-14)27(2,25)26;/h4-9,12H,3,10-11,13H2,1-2H3,(H2,22,23,24);1H. The fourth-order valence-electron chi connectivity index (χ4n) is 2.38. The molecule has 2 aromatic rings. The lowest BCUT2D eigenvalue weighted by atomic mass is 10.1. The van der Waals surface area contributed by atoms with E-state index in [1.54, 1.807) is 24.3 Å². The van der Waals surface area contributed by atoms with Crippen molar-refractivity contribution < 1.29 is 12.8 Å². The number of halogens is 3. The molecule has 9 heteroatoms. The highest BCUT2D eigenvalue weighted by molar-refractivity contribution is 14.0. The number of nitrogens with zero attached hydrogens (tertiary/aromatic N) is 1. The Morgan fingerprint density at radius 2 is 1.75 bits per heavy atom. The van der Waals surface area contributed by atoms with Gasteiger partial charge in [0.1, 0.15) is 5.82 Å². The van der Waals surface area contributed by atoms with Crippen LogP contribution in [-0.2, 0) is 22.8 Å². The number of aliphatic imine (C=N–C) groups is 1. The molecule has 2 N–H and O–H groups in total. The summed E-state index contributed by atoms with van der Waals surface area (Å²) in [5.74, 6) is 0.196. The summed E-state index contributed by atoms with van der Waals surface area (Å²) in [7, 11) is -3.18. The van der Waals surface area contributed by atoms with E-state index in [0.717, 1.165) is 17.5 Å². The molecule has 0 aliphatic carbocycles. The van der Waals surface area contributed by atoms with E-state index < -0.39 is 15.7 Å². The molecule has 2 rings (SSSR count). The first-order valence-corrected chi connectivity index (χ1v) is 10.8. The summed E-state index contributed by atoms with van der Waals surface area (Å²) in [6.45, 7) is 3.68. The molecule has 0 amide bonds. The summed E-state index contributed by atoms with van der Waals surface area (Å²) in [6, 6.07) is 11.4. The molecule has 28 heavy (non-hydrogen) atoms. The molecule has 2 aromatic carbocycles. The van der Waals surface area contributed by atoms with Gasteiger partial charge in [0.25, 0.3) is 0 Å². The van der Waals surface area contributed by atoms with Gasteiger partial charge in [-0.1, -0.05) is 29.8 Å². The Kier molecular flexibility index (Phi) is 10.2. The molecule has 0 saturated heterocycles. The van der Waals surface area contributed by atoms with Crippen molar-refractivity contribution in [2.45, 2.75) is 24.8 Å². The third-order valence-electron chi connectivity index (χ3n) is 3.81. The second kappa shape index (κ2) is 11.6. The van der Waals surface area contributed by atoms with Crippen LogP contribution in [0.2, 0.25) is 5.02 Å². The zero-order chi connectivity index (χ0) is 19.9. The molecule has 0 bridgehead atoms. The Morgan fingerprint density at radius 3 is 2.32 bits per heavy atom. The Morgan fingerprint density at radius 1 is 1.11 bits per heavy atom. The molecule has 154 valence electrons. The average Bonchev–Trinajstić information content (AvgIpc) is 2.62. The van der Waals surface area contributed by atoms with Gasteiger partial charge in [-0.25, -0.2) is 17.8 Å². The minimum absolute atomic E-state index is 0. The van der Waals surface area contributed by atoms with Gasteiger partial charge in [-0.3, -0.25) is 0 Å². The number of guanidine groups is 1. The molecule has 0 fully saturated rings. The fraction of sp³-hybridized carbons (Fsp3) is 0.316. The Hall–Kier alpha value is -1.39. The predicted molar refractivity (Wildman–Crippen MR) is 123 cm³/mol. The first kappa shape index (κ1) is 24.6. The van der Waals surface area contributed by atoms with Gasteiger partial charge in [-0.2, -0.15) is 0 Å². The van der Waals surface area contributed by atoms with Gasteiger partial charge >= 0.3 is 0 Å². The van der Waals surface area contributed by atoms with Crippen molar-refractivity contribution in [1.29, 1.82) is 0 Å². The van der Waals surface area contributed by atoms with Gasteiger partial charge in [-0.05, 0) is 48.7 Å². The molecule has 0 aliphatic rings. The van der Waals surface area contributed by atoms with Crippen LogP contribution in [0.15, 0.2) is 52.4 Å². The van der Waals surface area contributed by atoms with E-state index in [4.69, 9.17) is 11.6 Å². The van der Waals surface area contributed by atoms with Crippen molar-refractivity contribution in [3.8, 4) is 0 Å². The molecule has 0 aliphatic heterocycles. The van der Waals surface area contributed by atoms with E-state index in [-0.39, 0.29) is 29.0 Å². The van der Waals surface area contributed by atoms with Gasteiger partial charge in [0, 0.05) is 19.3 Å². The van der Waals surface area contributed by atoms with Crippen LogP contribution in [0.1, 0.15) is 18.1 Å². The molecule has 0 aromatic heterocycles. The molecule has 0 radical (unpaired) electrons. The lowest BCUT2D eigenvalue weighted by molar-refractivity contribution is 0.602. The van der Waals surface area contributed by atoms with Gasteiger partial charge in [0.15, 0.2) is 15.8 Å². The largest absolute Gasteiger partial charge is 0.357 e. The lowest BCUT2D eigenvalue weighted by Crippen LogP contribution is -2.38. The maximum Gasteiger partial charge on any atom is 0.191 e. The Balaban J connectivity index is 0.00000392. The number of rotatable bonds is 7. The summed E-state index contributed by atoms with van der Waals surface area (Å²) in [4.78, 5) is 4.78. The minimum Gasteiger partial charge on any atom is -0.357 e. The first-order chi connectivity index (χ1) is 12.8. The Labute approximate surface area is 187 Å². The molecule has 0 spiro atoms. The molecular weight excluding hydrogens is 516 g/mol. The fourth-order valence-corrected chi connectivity index (χ4v) is 3.21. The molecular formula is C19H24ClFIN3O2S. The normalized spacial score (nSPS) is 11.6. The summed E-state index contributed by atoms with van der Waals surface area (Å²) >= 11 is 5.79. The van der Waals surface area contributed by atoms with Crippen molar-refractivity contribution in [3.05, 3.63) is 64.4 Å². The van der Waals surface area contributed by atoms with Gasteiger partial charge < -0.3 is 10.6 Å². The highest BCUT2D eigenvalue weighted by Crippen LogP contribution is 2.16. The maximum absolute atomic E-state index is 13.2. The van der Waals surface area contributed by atoms with Crippen molar-refractivity contribution in [1.82, 2.24) is 10.6 Å². The number of hydrogen-bond donors (Lipinski definition) is 2. The van der Waals surface area contributed by atoms with Gasteiger partial charge in [0.05, 0.1) is 16.5 Å². The monoisotopic (exact) mass is 539 g/mol. The van der Waals surface area contributed by atoms with E-state index in [0.29, 0.717) is 30.5 Å². The second-order valence-electron chi connectivity index (χ2n) is 6.04. The number of nitrogens with one attached hydrogen (secondary N) is 2. The van der Waals surface area contributed by atoms with Crippen molar-refractivity contribution >= 4 is 51.4 Å². The second-order valence-corrected chi connectivity index (χ2v) is 8.46. The SMILES string of the molecule is CCNC(=NCc1ccc(F)c(Cl)c1)NCCc1ccc(S(C)(=O)=O)cc1.I. The first-order valence-electron chi connectivity index (χ1n) is 8.54. The smallest absolute Gasteiger partial charge is 0.191 e. The zero-order valence-electron chi connectivity index (χ0n) is 15.7. The van der Waals surface area contributed by atoms with Crippen molar-refractivity contribution in [2.75, 3.05) is 19.3 Å². The lowest BCUT2D eigenvalue weighted by Gasteiger charge is -2.11. The minimum atomic E-state index is -3.18. The summed E-state index contributed by atoms with van der Waals surface area (Å²) in [5.41, 5.74) is 1.84. The van der Waals surface area contributed by atoms with Crippen LogP contribution in [0.3, 0.4) is 0 Å². The van der Waals surface area contributed by atoms with E-state index in [1.807, 2.05) is 19.1 Å². The van der Waals surface area contributed by atoms with Crippen LogP contribution in [-0.4, -0.2) is 33.7 Å². The summed E-state index contributed by atoms with van der Waals surface area (Å²) < 4.78 is 36.2. The number of benzene rings is 2. The van der Waals surface area contributed by atoms with E-state index in [1.165, 1.54) is 12.3 Å². The van der Waals surface area contributed by atoms with Crippen LogP contribution in [0.4, 0.5) is 4.39 Å². The number of hydrogen-bond acceptors (Lipinski definition) is 3. The van der Waals surface area contributed by atoms with Crippen molar-refractivity contribution in [3.63, 3.8) is 0 Å². The highest BCUT2D eigenvalue weighted by atomic mass is 127. The highest BCUT2D eigenvalue weighted by Gasteiger charge is 2.06. The zero-order valence-corrected chi connectivity index (χ0v) is 19.6. The topological polar surface area (TPSA) is 70.6 Å². The van der Waals surface area contributed by atoms with Gasteiger partial charge in [-0.15, -0.1) is 24.0 Å². The quantitative estimate of drug-likeness (QED) is 0.319. The number of sulfone groups is 1. The molecule has 5 nitrogen and oxygen atoms in total. The molecule has 0 saturated carbocycles. The predicted octanol–water partition coefficient (Wildman–Crippen LogP) is 3.80.